The van der Waals surface area contributed by atoms with Gasteiger partial charge in [-0.1, -0.05) is 57.2 Å². The van der Waals surface area contributed by atoms with Crippen LogP contribution in [-0.4, -0.2) is 46.0 Å². The van der Waals surface area contributed by atoms with Crippen molar-refractivity contribution in [3.8, 4) is 0 Å². The molecule has 0 bridgehead atoms. The van der Waals surface area contributed by atoms with Crippen molar-refractivity contribution in [2.24, 2.45) is 5.41 Å². The maximum absolute atomic E-state index is 13.5. The maximum atomic E-state index is 13.5. The highest BCUT2D eigenvalue weighted by atomic mass is 32.2. The fraction of sp³-hybridized carbons (Fsp3) is 0.292. The van der Waals surface area contributed by atoms with Crippen LogP contribution in [0.3, 0.4) is 0 Å². The highest BCUT2D eigenvalue weighted by Crippen LogP contribution is 2.41. The van der Waals surface area contributed by atoms with Crippen LogP contribution >= 0.6 is 0 Å². The lowest BCUT2D eigenvalue weighted by Crippen LogP contribution is -2.48. The van der Waals surface area contributed by atoms with E-state index in [4.69, 9.17) is 0 Å². The first kappa shape index (κ1) is 23.5. The van der Waals surface area contributed by atoms with E-state index in [1.807, 2.05) is 20.8 Å². The Hall–Kier alpha value is -3.66. The largest absolute Gasteiger partial charge is 0.465 e. The molecule has 0 spiro atoms. The Morgan fingerprint density at radius 1 is 1.12 bits per heavy atom. The fourth-order valence-electron chi connectivity index (χ4n) is 4.47. The average molecular weight is 484 g/mol. The molecular formula is C24H25N3O6S. The summed E-state index contributed by atoms with van der Waals surface area (Å²) in [6.07, 6.45) is 2.49. The summed E-state index contributed by atoms with van der Waals surface area (Å²) in [5.74, 6) is 0. The van der Waals surface area contributed by atoms with Crippen LogP contribution in [0.1, 0.15) is 32.8 Å². The van der Waals surface area contributed by atoms with Crippen molar-refractivity contribution < 1.29 is 23.2 Å². The summed E-state index contributed by atoms with van der Waals surface area (Å²) in [6, 6.07) is 11.9. The number of non-ortho nitro benzene ring substituents is 1. The van der Waals surface area contributed by atoms with Crippen molar-refractivity contribution in [3.63, 3.8) is 0 Å². The van der Waals surface area contributed by atoms with E-state index in [1.54, 1.807) is 30.3 Å². The molecule has 1 aromatic heterocycles. The van der Waals surface area contributed by atoms with Crippen molar-refractivity contribution in [1.29, 1.82) is 0 Å². The second-order valence-electron chi connectivity index (χ2n) is 9.34. The molecule has 1 N–H and O–H groups in total. The number of amides is 1. The van der Waals surface area contributed by atoms with E-state index in [-0.39, 0.29) is 34.1 Å². The number of nitro groups is 1. The number of hydrogen-bond donors (Lipinski definition) is 1. The first-order chi connectivity index (χ1) is 15.9. The lowest BCUT2D eigenvalue weighted by molar-refractivity contribution is -0.383. The molecule has 1 unspecified atom stereocenters. The monoisotopic (exact) mass is 483 g/mol. The predicted molar refractivity (Wildman–Crippen MR) is 128 cm³/mol. The van der Waals surface area contributed by atoms with Crippen molar-refractivity contribution in [1.82, 2.24) is 8.87 Å². The Bertz CT molecular complexity index is 1420. The normalized spacial score (nSPS) is 17.0. The maximum Gasteiger partial charge on any atom is 0.407 e. The van der Waals surface area contributed by atoms with Crippen molar-refractivity contribution in [2.75, 3.05) is 6.54 Å². The lowest BCUT2D eigenvalue weighted by atomic mass is 9.79. The smallest absolute Gasteiger partial charge is 0.407 e. The zero-order chi connectivity index (χ0) is 24.8. The van der Waals surface area contributed by atoms with Gasteiger partial charge in [0.25, 0.3) is 15.7 Å². The summed E-state index contributed by atoms with van der Waals surface area (Å²) in [7, 11) is -4.13. The van der Waals surface area contributed by atoms with Crippen LogP contribution in [0, 0.1) is 15.5 Å². The molecule has 4 rings (SSSR count). The Kier molecular flexibility index (Phi) is 5.72. The molecule has 10 heteroatoms. The molecule has 2 aromatic carbocycles. The molecule has 1 amide bonds. The Morgan fingerprint density at radius 3 is 2.38 bits per heavy atom. The molecule has 9 nitrogen and oxygen atoms in total. The van der Waals surface area contributed by atoms with E-state index in [9.17, 15) is 28.4 Å². The molecule has 0 saturated carbocycles. The molecule has 0 radical (unpaired) electrons. The quantitative estimate of drug-likeness (QED) is 0.413. The third-order valence-electron chi connectivity index (χ3n) is 6.18. The fourth-order valence-corrected chi connectivity index (χ4v) is 5.88. The van der Waals surface area contributed by atoms with Crippen molar-refractivity contribution in [3.05, 3.63) is 76.5 Å². The summed E-state index contributed by atoms with van der Waals surface area (Å²) in [4.78, 5) is 24.4. The number of carbonyl (C=O) groups is 1. The van der Waals surface area contributed by atoms with Gasteiger partial charge in [-0.25, -0.2) is 17.2 Å². The topological polar surface area (TPSA) is 123 Å². The molecule has 1 aliphatic rings. The van der Waals surface area contributed by atoms with Gasteiger partial charge in [0.2, 0.25) is 0 Å². The molecule has 0 saturated heterocycles. The van der Waals surface area contributed by atoms with Gasteiger partial charge in [-0.05, 0) is 29.5 Å². The van der Waals surface area contributed by atoms with Gasteiger partial charge in [-0.2, -0.15) is 0 Å². The van der Waals surface area contributed by atoms with Crippen LogP contribution in [0.4, 0.5) is 10.5 Å². The SMILES string of the molecule is CC(C)(C)C1CC(c2cn(S(=O)(=O)c3ccccc3)c3c([N+](=O)[O-])cccc23)=CCN1C(=O)O. The van der Waals surface area contributed by atoms with E-state index < -0.39 is 21.0 Å². The minimum absolute atomic E-state index is 0.0128. The van der Waals surface area contributed by atoms with Gasteiger partial charge in [0.1, 0.15) is 5.52 Å². The van der Waals surface area contributed by atoms with Gasteiger partial charge in [0.05, 0.1) is 9.82 Å². The highest BCUT2D eigenvalue weighted by Gasteiger charge is 2.37. The second kappa shape index (κ2) is 8.28. The van der Waals surface area contributed by atoms with Gasteiger partial charge in [-0.3, -0.25) is 10.1 Å². The Labute approximate surface area is 197 Å². The van der Waals surface area contributed by atoms with Crippen LogP contribution in [-0.2, 0) is 10.0 Å². The number of nitrogens with zero attached hydrogens (tertiary/aromatic N) is 3. The van der Waals surface area contributed by atoms with Gasteiger partial charge in [0, 0.05) is 35.8 Å². The first-order valence-corrected chi connectivity index (χ1v) is 12.1. The number of carboxylic acid groups (broad SMARTS) is 1. The number of fused-ring (bicyclic) bond motifs is 1. The van der Waals surface area contributed by atoms with E-state index in [0.717, 1.165) is 9.55 Å². The minimum atomic E-state index is -4.13. The molecule has 34 heavy (non-hydrogen) atoms. The van der Waals surface area contributed by atoms with Crippen LogP contribution < -0.4 is 0 Å². The van der Waals surface area contributed by atoms with E-state index >= 15 is 0 Å². The number of aromatic nitrogens is 1. The Morgan fingerprint density at radius 2 is 1.79 bits per heavy atom. The summed E-state index contributed by atoms with van der Waals surface area (Å²) in [5, 5.41) is 21.9. The second-order valence-corrected chi connectivity index (χ2v) is 11.2. The number of hydrogen-bond acceptors (Lipinski definition) is 5. The lowest BCUT2D eigenvalue weighted by Gasteiger charge is -2.41. The van der Waals surface area contributed by atoms with Crippen LogP contribution in [0.2, 0.25) is 0 Å². The van der Waals surface area contributed by atoms with Gasteiger partial charge in [0.15, 0.2) is 0 Å². The van der Waals surface area contributed by atoms with E-state index in [1.165, 1.54) is 35.4 Å². The number of nitro benzene ring substituents is 1. The molecular weight excluding hydrogens is 458 g/mol. The zero-order valence-electron chi connectivity index (χ0n) is 19.0. The number of para-hydroxylation sites is 1. The molecule has 2 heterocycles. The average Bonchev–Trinajstić information content (AvgIpc) is 3.19. The van der Waals surface area contributed by atoms with E-state index in [0.29, 0.717) is 17.4 Å². The molecule has 178 valence electrons. The molecule has 0 aliphatic carbocycles. The van der Waals surface area contributed by atoms with Crippen LogP contribution in [0.15, 0.2) is 65.7 Å². The number of benzene rings is 2. The predicted octanol–water partition coefficient (Wildman–Crippen LogP) is 4.97. The first-order valence-electron chi connectivity index (χ1n) is 10.7. The van der Waals surface area contributed by atoms with Gasteiger partial charge >= 0.3 is 6.09 Å². The third-order valence-corrected chi connectivity index (χ3v) is 7.86. The van der Waals surface area contributed by atoms with Crippen LogP contribution in [0.5, 0.6) is 0 Å². The highest BCUT2D eigenvalue weighted by molar-refractivity contribution is 7.90. The molecule has 3 aromatic rings. The summed E-state index contributed by atoms with van der Waals surface area (Å²) >= 11 is 0. The Balaban J connectivity index is 1.97. The van der Waals surface area contributed by atoms with Gasteiger partial charge in [-0.15, -0.1) is 0 Å². The standard InChI is InChI=1S/C24H25N3O6S/c1-24(2,3)21-14-16(12-13-25(21)23(28)29)19-15-26(34(32,33)17-8-5-4-6-9-17)22-18(19)10-7-11-20(22)27(30)31/h4-12,15,21H,13-14H2,1-3H3,(H,28,29). The molecule has 1 atom stereocenters. The van der Waals surface area contributed by atoms with Gasteiger partial charge < -0.3 is 10.0 Å². The zero-order valence-corrected chi connectivity index (χ0v) is 19.8. The minimum Gasteiger partial charge on any atom is -0.465 e. The van der Waals surface area contributed by atoms with Crippen molar-refractivity contribution >= 4 is 38.3 Å². The summed E-state index contributed by atoms with van der Waals surface area (Å²) < 4.78 is 28.0. The summed E-state index contributed by atoms with van der Waals surface area (Å²) in [6.45, 7) is 5.99. The molecule has 0 fully saturated rings. The molecule has 1 aliphatic heterocycles. The van der Waals surface area contributed by atoms with Crippen molar-refractivity contribution in [2.45, 2.75) is 38.1 Å². The summed E-state index contributed by atoms with van der Waals surface area (Å²) in [5.41, 5.74) is 0.583. The third kappa shape index (κ3) is 3.94. The van der Waals surface area contributed by atoms with E-state index in [2.05, 4.69) is 0 Å². The number of rotatable bonds is 4. The van der Waals surface area contributed by atoms with Crippen LogP contribution in [0.25, 0.3) is 16.5 Å².